The fraction of sp³-hybridized carbons (Fsp3) is 0. The molecule has 0 saturated heterocycles. The van der Waals surface area contributed by atoms with Crippen LogP contribution < -0.4 is 30.1 Å². The van der Waals surface area contributed by atoms with Crippen LogP contribution in [0.25, 0.3) is 0 Å². The van der Waals surface area contributed by atoms with Crippen LogP contribution in [0.2, 0.25) is 0 Å². The van der Waals surface area contributed by atoms with Gasteiger partial charge in [-0.2, -0.15) is 0 Å². The third-order valence-corrected chi connectivity index (χ3v) is 0. The van der Waals surface area contributed by atoms with Gasteiger partial charge in [-0.1, -0.05) is 0 Å². The molecule has 0 spiro atoms. The topological polar surface area (TPSA) is 138 Å². The van der Waals surface area contributed by atoms with Gasteiger partial charge in [0.2, 0.25) is 0 Å². The molecule has 14 heavy (non-hydrogen) atoms. The van der Waals surface area contributed by atoms with Crippen molar-refractivity contribution in [2.24, 2.45) is 0 Å². The molecule has 0 aromatic rings. The van der Waals surface area contributed by atoms with Gasteiger partial charge in [0, 0.05) is 19.6 Å². The molecule has 0 aliphatic rings. The fourth-order valence-electron chi connectivity index (χ4n) is 0. The molecule has 0 rings (SSSR count). The van der Waals surface area contributed by atoms with E-state index in [1.165, 1.54) is 0 Å². The van der Waals surface area contributed by atoms with Crippen molar-refractivity contribution in [3.05, 3.63) is 0 Å². The Morgan fingerprint density at radius 3 is 0.500 bits per heavy atom. The van der Waals surface area contributed by atoms with E-state index in [0.717, 1.165) is 0 Å². The van der Waals surface area contributed by atoms with Gasteiger partial charge in [0.05, 0.1) is 0 Å². The molecule has 0 bridgehead atoms. The first-order chi connectivity index (χ1) is 5.20. The van der Waals surface area contributed by atoms with Crippen LogP contribution >= 0.6 is 34.4 Å². The van der Waals surface area contributed by atoms with E-state index in [4.69, 9.17) is 30.1 Å². The Morgan fingerprint density at radius 1 is 0.500 bits per heavy atom. The Balaban J connectivity index is -0.0000000270. The van der Waals surface area contributed by atoms with E-state index < -0.39 is 19.6 Å². The SMILES string of the molecule is [Al+3].[Al+3].[O-]B([O-])Cl.[O-]B([O-])Cl.[O-]B([O-])Cl. The summed E-state index contributed by atoms with van der Waals surface area (Å²) in [6.07, 6.45) is 0. The van der Waals surface area contributed by atoms with Crippen molar-refractivity contribution in [2.75, 3.05) is 0 Å². The van der Waals surface area contributed by atoms with E-state index >= 15 is 0 Å². The maximum Gasteiger partial charge on any atom is 3.00 e. The molecule has 0 radical (unpaired) electrons. The van der Waals surface area contributed by atoms with Crippen LogP contribution in [0.15, 0.2) is 0 Å². The molecule has 14 heteroatoms. The summed E-state index contributed by atoms with van der Waals surface area (Å²) in [6.45, 7) is -6.58. The second-order valence-electron chi connectivity index (χ2n) is 0.823. The van der Waals surface area contributed by atoms with Crippen LogP contribution in [0.3, 0.4) is 0 Å². The zero-order valence-electron chi connectivity index (χ0n) is 6.47. The Kier molecular flexibility index (Phi) is 51.4. The summed E-state index contributed by atoms with van der Waals surface area (Å²) in [5.74, 6) is 0. The Bertz CT molecular complexity index is 54.8. The normalized spacial score (nSPS) is 5.79. The summed E-state index contributed by atoms with van der Waals surface area (Å²) < 4.78 is 0. The van der Waals surface area contributed by atoms with Crippen molar-refractivity contribution < 1.29 is 30.1 Å². The number of rotatable bonds is 0. The first kappa shape index (κ1) is 29.7. The van der Waals surface area contributed by atoms with Crippen LogP contribution in [0, 0.1) is 0 Å². The van der Waals surface area contributed by atoms with Gasteiger partial charge in [-0.05, 0) is 0 Å². The molecule has 6 nitrogen and oxygen atoms in total. The Labute approximate surface area is 118 Å². The summed E-state index contributed by atoms with van der Waals surface area (Å²) >= 11 is 12.5. The molecule has 0 aromatic heterocycles. The van der Waals surface area contributed by atoms with Crippen molar-refractivity contribution in [3.63, 3.8) is 0 Å². The van der Waals surface area contributed by atoms with E-state index in [9.17, 15) is 0 Å². The minimum Gasteiger partial charge on any atom is -0.881 e. The number of halogens is 3. The smallest absolute Gasteiger partial charge is 0.881 e. The quantitative estimate of drug-likeness (QED) is 0.406. The molecule has 0 unspecified atom stereocenters. The molecule has 0 atom stereocenters. The molecular formula is Al2B3Cl3O6. The summed E-state index contributed by atoms with van der Waals surface area (Å²) in [7, 11) is 0. The zero-order valence-corrected chi connectivity index (χ0v) is 11.0. The molecule has 0 amide bonds. The van der Waals surface area contributed by atoms with Gasteiger partial charge in [-0.15, -0.1) is 0 Å². The second-order valence-corrected chi connectivity index (χ2v) is 1.89. The van der Waals surface area contributed by atoms with Crippen molar-refractivity contribution >= 4 is 88.7 Å². The Hall–Kier alpha value is 1.89. The van der Waals surface area contributed by atoms with Crippen LogP contribution in [0.4, 0.5) is 0 Å². The van der Waals surface area contributed by atoms with Crippen molar-refractivity contribution in [1.82, 2.24) is 0 Å². The monoisotopic (exact) mass is 288 g/mol. The van der Waals surface area contributed by atoms with Gasteiger partial charge in [-0.3, -0.25) is 0 Å². The minimum absolute atomic E-state index is 0. The summed E-state index contributed by atoms with van der Waals surface area (Å²) in [5.41, 5.74) is 0. The van der Waals surface area contributed by atoms with E-state index in [0.29, 0.717) is 0 Å². The molecule has 0 N–H and O–H groups in total. The zero-order chi connectivity index (χ0) is 10.7. The minimum atomic E-state index is -2.19. The second kappa shape index (κ2) is 24.2. The summed E-state index contributed by atoms with van der Waals surface area (Å²) in [4.78, 5) is 0. The van der Waals surface area contributed by atoms with Crippen LogP contribution in [0.5, 0.6) is 0 Å². The van der Waals surface area contributed by atoms with Gasteiger partial charge >= 0.3 is 34.7 Å². The van der Waals surface area contributed by atoms with Gasteiger partial charge < -0.3 is 30.1 Å². The summed E-state index contributed by atoms with van der Waals surface area (Å²) in [6, 6.07) is 0. The van der Waals surface area contributed by atoms with Crippen molar-refractivity contribution in [1.29, 1.82) is 0 Å². The van der Waals surface area contributed by atoms with E-state index in [1.807, 2.05) is 0 Å². The number of hydrogen-bond donors (Lipinski definition) is 0. The van der Waals surface area contributed by atoms with Gasteiger partial charge in [0.1, 0.15) is 0 Å². The standard InChI is InChI=1S/2Al.3BClO2/c;;3*2-1(3)4/q2*+3;3*-2. The molecule has 0 aromatic carbocycles. The largest absolute Gasteiger partial charge is 3.00 e. The first-order valence-corrected chi connectivity index (χ1v) is 3.38. The van der Waals surface area contributed by atoms with Gasteiger partial charge in [0.15, 0.2) is 0 Å². The van der Waals surface area contributed by atoms with Crippen LogP contribution in [0.1, 0.15) is 0 Å². The molecule has 0 saturated carbocycles. The Morgan fingerprint density at radius 2 is 0.500 bits per heavy atom. The van der Waals surface area contributed by atoms with Gasteiger partial charge in [-0.25, -0.2) is 34.4 Å². The molecular weight excluding hydrogens is 289 g/mol. The molecule has 0 aliphatic carbocycles. The van der Waals surface area contributed by atoms with Crippen LogP contribution in [-0.4, -0.2) is 54.3 Å². The third-order valence-electron chi connectivity index (χ3n) is 0. The van der Waals surface area contributed by atoms with E-state index in [-0.39, 0.29) is 34.7 Å². The van der Waals surface area contributed by atoms with Gasteiger partial charge in [0.25, 0.3) is 0 Å². The van der Waals surface area contributed by atoms with Crippen LogP contribution in [-0.2, 0) is 0 Å². The van der Waals surface area contributed by atoms with Crippen molar-refractivity contribution in [3.8, 4) is 0 Å². The van der Waals surface area contributed by atoms with Crippen molar-refractivity contribution in [2.45, 2.75) is 0 Å². The predicted octanol–water partition coefficient (Wildman–Crippen LogP) is -6.97. The molecule has 0 heterocycles. The maximum absolute atomic E-state index is 8.74. The average Bonchev–Trinajstić information content (AvgIpc) is 1.54. The summed E-state index contributed by atoms with van der Waals surface area (Å²) in [5, 5.41) is 52.4. The molecule has 0 aliphatic heterocycles. The third kappa shape index (κ3) is 646. The predicted molar refractivity (Wildman–Crippen MR) is 46.3 cm³/mol. The molecule has 0 fully saturated rings. The number of hydrogen-bond acceptors (Lipinski definition) is 6. The average molecular weight is 289 g/mol. The molecule has 72 valence electrons. The maximum atomic E-state index is 8.74. The van der Waals surface area contributed by atoms with E-state index in [1.54, 1.807) is 0 Å². The fourth-order valence-corrected chi connectivity index (χ4v) is 0. The first-order valence-electron chi connectivity index (χ1n) is 2.07. The van der Waals surface area contributed by atoms with E-state index in [2.05, 4.69) is 34.4 Å².